The summed E-state index contributed by atoms with van der Waals surface area (Å²) in [6.45, 7) is 1.71. The molecule has 114 valence electrons. The van der Waals surface area contributed by atoms with Crippen molar-refractivity contribution in [2.45, 2.75) is 12.6 Å². The van der Waals surface area contributed by atoms with E-state index < -0.39 is 12.8 Å². The van der Waals surface area contributed by atoms with E-state index in [1.807, 2.05) is 31.3 Å². The minimum atomic E-state index is -4.41. The van der Waals surface area contributed by atoms with Gasteiger partial charge in [-0.25, -0.2) is 4.99 Å². The number of aliphatic imine (C=N–C) groups is 2. The van der Waals surface area contributed by atoms with Gasteiger partial charge in [0, 0.05) is 25.4 Å². The fourth-order valence-corrected chi connectivity index (χ4v) is 1.36. The smallest absolute Gasteiger partial charge is 0.422 e. The SMILES string of the molecule is C=N/C(=C\N=CCc1ccc(NC)cc1)OCC(F)(F)F. The second kappa shape index (κ2) is 8.08. The Kier molecular flexibility index (Phi) is 6.45. The molecule has 0 fully saturated rings. The molecule has 0 aliphatic rings. The van der Waals surface area contributed by atoms with Gasteiger partial charge in [-0.2, -0.15) is 13.2 Å². The van der Waals surface area contributed by atoms with Crippen LogP contribution >= 0.6 is 0 Å². The van der Waals surface area contributed by atoms with Crippen LogP contribution in [0.2, 0.25) is 0 Å². The molecule has 0 bridgehead atoms. The van der Waals surface area contributed by atoms with Crippen molar-refractivity contribution in [2.24, 2.45) is 9.98 Å². The van der Waals surface area contributed by atoms with E-state index in [2.05, 4.69) is 26.8 Å². The first kappa shape index (κ1) is 16.7. The molecule has 1 aromatic rings. The molecular formula is C14H16F3N3O. The van der Waals surface area contributed by atoms with E-state index in [4.69, 9.17) is 0 Å². The number of nitrogens with zero attached hydrogens (tertiary/aromatic N) is 2. The molecule has 21 heavy (non-hydrogen) atoms. The quantitative estimate of drug-likeness (QED) is 0.619. The van der Waals surface area contributed by atoms with Gasteiger partial charge in [0.15, 0.2) is 6.61 Å². The van der Waals surface area contributed by atoms with E-state index in [0.717, 1.165) is 17.5 Å². The highest BCUT2D eigenvalue weighted by atomic mass is 19.4. The van der Waals surface area contributed by atoms with Crippen molar-refractivity contribution in [3.63, 3.8) is 0 Å². The van der Waals surface area contributed by atoms with Crippen LogP contribution in [0.1, 0.15) is 5.56 Å². The standard InChI is InChI=1S/C14H16F3N3O/c1-18-12-5-3-11(4-6-12)7-8-20-9-13(19-2)21-10-14(15,16)17/h3-6,8-9,18H,2,7,10H2,1H3/b13-9+,20-8?. The van der Waals surface area contributed by atoms with Crippen LogP contribution in [0.4, 0.5) is 18.9 Å². The van der Waals surface area contributed by atoms with Crippen LogP contribution < -0.4 is 5.32 Å². The van der Waals surface area contributed by atoms with Gasteiger partial charge in [-0.3, -0.25) is 4.99 Å². The van der Waals surface area contributed by atoms with Crippen LogP contribution in [-0.4, -0.2) is 32.8 Å². The molecule has 0 heterocycles. The minimum Gasteiger partial charge on any atom is -0.467 e. The van der Waals surface area contributed by atoms with Crippen molar-refractivity contribution < 1.29 is 17.9 Å². The molecule has 7 heteroatoms. The monoisotopic (exact) mass is 299 g/mol. The number of nitrogens with one attached hydrogen (secondary N) is 1. The Bertz CT molecular complexity index is 507. The maximum absolute atomic E-state index is 12.0. The van der Waals surface area contributed by atoms with Crippen LogP contribution in [0.15, 0.2) is 46.3 Å². The van der Waals surface area contributed by atoms with E-state index in [1.54, 1.807) is 6.21 Å². The van der Waals surface area contributed by atoms with Crippen LogP contribution in [-0.2, 0) is 11.2 Å². The van der Waals surface area contributed by atoms with Crippen molar-refractivity contribution in [3.8, 4) is 0 Å². The van der Waals surface area contributed by atoms with Gasteiger partial charge in [-0.05, 0) is 24.4 Å². The van der Waals surface area contributed by atoms with E-state index >= 15 is 0 Å². The Morgan fingerprint density at radius 3 is 2.52 bits per heavy atom. The molecule has 1 N–H and O–H groups in total. The number of benzene rings is 1. The van der Waals surface area contributed by atoms with Crippen LogP contribution in [0, 0.1) is 0 Å². The van der Waals surface area contributed by atoms with E-state index in [0.29, 0.717) is 6.42 Å². The second-order valence-electron chi connectivity index (χ2n) is 4.01. The molecule has 1 aromatic carbocycles. The van der Waals surface area contributed by atoms with Gasteiger partial charge in [0.1, 0.15) is 0 Å². The van der Waals surface area contributed by atoms with Crippen LogP contribution in [0.3, 0.4) is 0 Å². The van der Waals surface area contributed by atoms with Crippen molar-refractivity contribution in [3.05, 3.63) is 41.9 Å². The number of rotatable bonds is 7. The van der Waals surface area contributed by atoms with Gasteiger partial charge >= 0.3 is 6.18 Å². The molecule has 0 saturated carbocycles. The lowest BCUT2D eigenvalue weighted by Crippen LogP contribution is -2.16. The first-order valence-electron chi connectivity index (χ1n) is 6.09. The maximum Gasteiger partial charge on any atom is 0.422 e. The van der Waals surface area contributed by atoms with Crippen LogP contribution in [0.5, 0.6) is 0 Å². The first-order chi connectivity index (χ1) is 9.94. The molecular weight excluding hydrogens is 283 g/mol. The molecule has 0 radical (unpaired) electrons. The highest BCUT2D eigenvalue weighted by molar-refractivity contribution is 5.62. The molecule has 0 aromatic heterocycles. The zero-order valence-corrected chi connectivity index (χ0v) is 11.5. The van der Waals surface area contributed by atoms with E-state index in [9.17, 15) is 13.2 Å². The predicted molar refractivity (Wildman–Crippen MR) is 77.8 cm³/mol. The van der Waals surface area contributed by atoms with E-state index in [-0.39, 0.29) is 5.88 Å². The highest BCUT2D eigenvalue weighted by Crippen LogP contribution is 2.16. The Morgan fingerprint density at radius 1 is 1.33 bits per heavy atom. The number of alkyl halides is 3. The summed E-state index contributed by atoms with van der Waals surface area (Å²) in [5.41, 5.74) is 2.02. The molecule has 0 unspecified atom stereocenters. The van der Waals surface area contributed by atoms with Gasteiger partial charge in [0.2, 0.25) is 5.88 Å². The zero-order valence-electron chi connectivity index (χ0n) is 11.5. The zero-order chi connectivity index (χ0) is 15.7. The largest absolute Gasteiger partial charge is 0.467 e. The van der Waals surface area contributed by atoms with Crippen LogP contribution in [0.25, 0.3) is 0 Å². The van der Waals surface area contributed by atoms with Gasteiger partial charge in [0.05, 0.1) is 6.20 Å². The fourth-order valence-electron chi connectivity index (χ4n) is 1.36. The topological polar surface area (TPSA) is 46.0 Å². The summed E-state index contributed by atoms with van der Waals surface area (Å²) in [5, 5.41) is 3.00. The number of halogens is 3. The molecule has 0 amide bonds. The predicted octanol–water partition coefficient (Wildman–Crippen LogP) is 3.42. The molecule has 4 nitrogen and oxygen atoms in total. The summed E-state index contributed by atoms with van der Waals surface area (Å²) in [5.74, 6) is -0.269. The maximum atomic E-state index is 12.0. The molecule has 0 atom stereocenters. The highest BCUT2D eigenvalue weighted by Gasteiger charge is 2.28. The summed E-state index contributed by atoms with van der Waals surface area (Å²) in [7, 11) is 1.83. The third kappa shape index (κ3) is 7.14. The third-order valence-corrected chi connectivity index (χ3v) is 2.40. The Labute approximate surface area is 121 Å². The van der Waals surface area contributed by atoms with Crippen molar-refractivity contribution in [1.82, 2.24) is 0 Å². The molecule has 0 spiro atoms. The van der Waals surface area contributed by atoms with Gasteiger partial charge < -0.3 is 10.1 Å². The van der Waals surface area contributed by atoms with Gasteiger partial charge in [-0.1, -0.05) is 12.1 Å². The normalized spacial score (nSPS) is 12.5. The minimum absolute atomic E-state index is 0.269. The van der Waals surface area contributed by atoms with E-state index in [1.165, 1.54) is 0 Å². The van der Waals surface area contributed by atoms with Gasteiger partial charge in [-0.15, -0.1) is 0 Å². The van der Waals surface area contributed by atoms with Gasteiger partial charge in [0.25, 0.3) is 0 Å². The number of ether oxygens (including phenoxy) is 1. The lowest BCUT2D eigenvalue weighted by Gasteiger charge is -2.07. The average Bonchev–Trinajstić information content (AvgIpc) is 2.46. The van der Waals surface area contributed by atoms with Crippen molar-refractivity contribution in [1.29, 1.82) is 0 Å². The second-order valence-corrected chi connectivity index (χ2v) is 4.01. The third-order valence-electron chi connectivity index (χ3n) is 2.40. The summed E-state index contributed by atoms with van der Waals surface area (Å²) in [6, 6.07) is 7.69. The summed E-state index contributed by atoms with van der Waals surface area (Å²) in [6.07, 6.45) is -1.22. The molecule has 0 aliphatic carbocycles. The Hall–Kier alpha value is -2.31. The Balaban J connectivity index is 2.50. The van der Waals surface area contributed by atoms with Crippen molar-refractivity contribution in [2.75, 3.05) is 19.0 Å². The molecule has 1 rings (SSSR count). The summed E-state index contributed by atoms with van der Waals surface area (Å²) in [4.78, 5) is 7.18. The number of hydrogen-bond acceptors (Lipinski definition) is 4. The number of hydrogen-bond donors (Lipinski definition) is 1. The average molecular weight is 299 g/mol. The first-order valence-corrected chi connectivity index (χ1v) is 6.09. The Morgan fingerprint density at radius 2 is 2.00 bits per heavy atom. The lowest BCUT2D eigenvalue weighted by atomic mass is 10.1. The fraction of sp³-hybridized carbons (Fsp3) is 0.286. The molecule has 0 aliphatic heterocycles. The molecule has 0 saturated heterocycles. The summed E-state index contributed by atoms with van der Waals surface area (Å²) >= 11 is 0. The van der Waals surface area contributed by atoms with Crippen molar-refractivity contribution >= 4 is 18.6 Å². The summed E-state index contributed by atoms with van der Waals surface area (Å²) < 4.78 is 40.3. The number of anilines is 1. The lowest BCUT2D eigenvalue weighted by molar-refractivity contribution is -0.164.